The highest BCUT2D eigenvalue weighted by Crippen LogP contribution is 2.25. The van der Waals surface area contributed by atoms with Gasteiger partial charge in [0.2, 0.25) is 15.9 Å². The first-order valence-corrected chi connectivity index (χ1v) is 11.5. The maximum atomic E-state index is 13.0. The van der Waals surface area contributed by atoms with E-state index in [9.17, 15) is 18.0 Å². The van der Waals surface area contributed by atoms with Crippen molar-refractivity contribution >= 4 is 33.3 Å². The van der Waals surface area contributed by atoms with Crippen LogP contribution in [-0.4, -0.2) is 39.2 Å². The molecule has 0 aliphatic rings. The zero-order chi connectivity index (χ0) is 22.6. The van der Waals surface area contributed by atoms with E-state index in [1.54, 1.807) is 38.1 Å². The molecular formula is C22H28N2O5S. The second-order valence-electron chi connectivity index (χ2n) is 7.24. The molecule has 2 aromatic carbocycles. The summed E-state index contributed by atoms with van der Waals surface area (Å²) in [7, 11) is -3.72. The van der Waals surface area contributed by atoms with Crippen molar-refractivity contribution in [2.24, 2.45) is 0 Å². The zero-order valence-corrected chi connectivity index (χ0v) is 19.0. The van der Waals surface area contributed by atoms with Gasteiger partial charge in [0.15, 0.2) is 0 Å². The second-order valence-corrected chi connectivity index (χ2v) is 9.10. The minimum atomic E-state index is -3.72. The van der Waals surface area contributed by atoms with Crippen LogP contribution >= 0.6 is 0 Å². The first-order chi connectivity index (χ1) is 14.0. The summed E-state index contributed by atoms with van der Waals surface area (Å²) in [6.45, 7) is 9.07. The molecule has 0 aromatic heterocycles. The van der Waals surface area contributed by atoms with Gasteiger partial charge in [-0.15, -0.1) is 0 Å². The number of nitrogens with one attached hydrogen (secondary N) is 1. The van der Waals surface area contributed by atoms with E-state index < -0.39 is 27.9 Å². The Hall–Kier alpha value is -2.87. The largest absolute Gasteiger partial charge is 0.462 e. The molecule has 0 saturated heterocycles. The summed E-state index contributed by atoms with van der Waals surface area (Å²) in [5.74, 6) is -1.00. The number of aryl methyl sites for hydroxylation is 3. The van der Waals surface area contributed by atoms with Gasteiger partial charge in [-0.05, 0) is 75.6 Å². The average Bonchev–Trinajstić information content (AvgIpc) is 2.65. The predicted molar refractivity (Wildman–Crippen MR) is 118 cm³/mol. The normalized spacial score (nSPS) is 12.2. The molecule has 2 rings (SSSR count). The van der Waals surface area contributed by atoms with Crippen LogP contribution in [0, 0.1) is 20.8 Å². The molecule has 0 spiro atoms. The fourth-order valence-electron chi connectivity index (χ4n) is 3.01. The van der Waals surface area contributed by atoms with E-state index in [1.165, 1.54) is 13.0 Å². The summed E-state index contributed by atoms with van der Waals surface area (Å²) < 4.78 is 31.1. The lowest BCUT2D eigenvalue weighted by Gasteiger charge is -2.29. The standard InChI is InChI=1S/C22H28N2O5S/c1-7-29-22(26)18-10-8-15(3)20(13-18)23-21(25)17(5)24(30(6,27)28)19-11-9-14(2)16(4)12-19/h8-13,17H,7H2,1-6H3,(H,23,25)/t17-/m1/s1. The Morgan fingerprint density at radius 3 is 2.23 bits per heavy atom. The maximum absolute atomic E-state index is 13.0. The van der Waals surface area contributed by atoms with Gasteiger partial charge in [0.25, 0.3) is 0 Å². The molecule has 0 radical (unpaired) electrons. The molecule has 0 bridgehead atoms. The fraction of sp³-hybridized carbons (Fsp3) is 0.364. The van der Waals surface area contributed by atoms with Gasteiger partial charge >= 0.3 is 5.97 Å². The number of nitrogens with zero attached hydrogens (tertiary/aromatic N) is 1. The van der Waals surface area contributed by atoms with Crippen LogP contribution in [0.3, 0.4) is 0 Å². The van der Waals surface area contributed by atoms with Gasteiger partial charge in [-0.3, -0.25) is 9.10 Å². The third-order valence-electron chi connectivity index (χ3n) is 4.84. The molecule has 0 saturated carbocycles. The molecular weight excluding hydrogens is 404 g/mol. The van der Waals surface area contributed by atoms with Crippen molar-refractivity contribution in [2.45, 2.75) is 40.7 Å². The van der Waals surface area contributed by atoms with Crippen LogP contribution in [0.15, 0.2) is 36.4 Å². The lowest BCUT2D eigenvalue weighted by atomic mass is 10.1. The molecule has 2 aromatic rings. The molecule has 8 heteroatoms. The van der Waals surface area contributed by atoms with Crippen LogP contribution in [0.5, 0.6) is 0 Å². The Balaban J connectivity index is 2.35. The number of sulfonamides is 1. The Labute approximate surface area is 178 Å². The summed E-state index contributed by atoms with van der Waals surface area (Å²) in [6, 6.07) is 9.08. The van der Waals surface area contributed by atoms with Crippen molar-refractivity contribution in [2.75, 3.05) is 22.5 Å². The van der Waals surface area contributed by atoms with Crippen molar-refractivity contribution in [1.29, 1.82) is 0 Å². The van der Waals surface area contributed by atoms with Crippen molar-refractivity contribution in [3.8, 4) is 0 Å². The lowest BCUT2D eigenvalue weighted by Crippen LogP contribution is -2.45. The van der Waals surface area contributed by atoms with E-state index in [2.05, 4.69) is 5.32 Å². The van der Waals surface area contributed by atoms with E-state index in [-0.39, 0.29) is 6.61 Å². The molecule has 1 N–H and O–H groups in total. The lowest BCUT2D eigenvalue weighted by molar-refractivity contribution is -0.116. The summed E-state index contributed by atoms with van der Waals surface area (Å²) in [6.07, 6.45) is 1.07. The van der Waals surface area contributed by atoms with E-state index in [1.807, 2.05) is 19.9 Å². The van der Waals surface area contributed by atoms with Gasteiger partial charge in [-0.1, -0.05) is 12.1 Å². The maximum Gasteiger partial charge on any atom is 0.338 e. The number of hydrogen-bond donors (Lipinski definition) is 1. The fourth-order valence-corrected chi connectivity index (χ4v) is 4.17. The van der Waals surface area contributed by atoms with Crippen LogP contribution in [0.2, 0.25) is 0 Å². The van der Waals surface area contributed by atoms with Crippen LogP contribution in [0.25, 0.3) is 0 Å². The summed E-state index contributed by atoms with van der Waals surface area (Å²) in [4.78, 5) is 24.9. The number of amides is 1. The molecule has 0 aliphatic carbocycles. The van der Waals surface area contributed by atoms with E-state index >= 15 is 0 Å². The Morgan fingerprint density at radius 2 is 1.67 bits per heavy atom. The minimum absolute atomic E-state index is 0.241. The Bertz CT molecular complexity index is 1060. The highest BCUT2D eigenvalue weighted by molar-refractivity contribution is 7.92. The number of carbonyl (C=O) groups excluding carboxylic acids is 2. The highest BCUT2D eigenvalue weighted by Gasteiger charge is 2.29. The molecule has 1 atom stereocenters. The van der Waals surface area contributed by atoms with Gasteiger partial charge in [0.05, 0.1) is 24.1 Å². The van der Waals surface area contributed by atoms with Crippen LogP contribution < -0.4 is 9.62 Å². The number of hydrogen-bond acceptors (Lipinski definition) is 5. The number of rotatable bonds is 7. The first-order valence-electron chi connectivity index (χ1n) is 9.61. The number of anilines is 2. The third-order valence-corrected chi connectivity index (χ3v) is 6.08. The monoisotopic (exact) mass is 432 g/mol. The van der Waals surface area contributed by atoms with E-state index in [0.717, 1.165) is 27.3 Å². The van der Waals surface area contributed by atoms with Gasteiger partial charge in [0.1, 0.15) is 6.04 Å². The highest BCUT2D eigenvalue weighted by atomic mass is 32.2. The molecule has 162 valence electrons. The first kappa shape index (κ1) is 23.4. The molecule has 0 heterocycles. The van der Waals surface area contributed by atoms with Crippen LogP contribution in [0.4, 0.5) is 11.4 Å². The second kappa shape index (κ2) is 9.30. The average molecular weight is 433 g/mol. The molecule has 0 aliphatic heterocycles. The smallest absolute Gasteiger partial charge is 0.338 e. The number of ether oxygens (including phenoxy) is 1. The molecule has 0 fully saturated rings. The molecule has 7 nitrogen and oxygen atoms in total. The molecule has 0 unspecified atom stereocenters. The molecule has 1 amide bonds. The van der Waals surface area contributed by atoms with Crippen molar-refractivity contribution < 1.29 is 22.7 Å². The quantitative estimate of drug-likeness (QED) is 0.675. The SMILES string of the molecule is CCOC(=O)c1ccc(C)c(NC(=O)[C@@H](C)N(c2ccc(C)c(C)c2)S(C)(=O)=O)c1. The minimum Gasteiger partial charge on any atom is -0.462 e. The van der Waals surface area contributed by atoms with Gasteiger partial charge < -0.3 is 10.1 Å². The van der Waals surface area contributed by atoms with Crippen LogP contribution in [0.1, 0.15) is 40.9 Å². The number of esters is 1. The summed E-state index contributed by atoms with van der Waals surface area (Å²) in [5, 5.41) is 2.74. The van der Waals surface area contributed by atoms with Crippen molar-refractivity contribution in [3.05, 3.63) is 58.7 Å². The third kappa shape index (κ3) is 5.38. The van der Waals surface area contributed by atoms with E-state index in [4.69, 9.17) is 4.74 Å². The van der Waals surface area contributed by atoms with Gasteiger partial charge in [-0.25, -0.2) is 13.2 Å². The molecule has 30 heavy (non-hydrogen) atoms. The summed E-state index contributed by atoms with van der Waals surface area (Å²) in [5.41, 5.74) is 3.83. The van der Waals surface area contributed by atoms with Gasteiger partial charge in [-0.2, -0.15) is 0 Å². The Kier molecular flexibility index (Phi) is 7.25. The zero-order valence-electron chi connectivity index (χ0n) is 18.1. The Morgan fingerprint density at radius 1 is 1.03 bits per heavy atom. The number of benzene rings is 2. The predicted octanol–water partition coefficient (Wildman–Crippen LogP) is 3.58. The number of carbonyl (C=O) groups is 2. The summed E-state index contributed by atoms with van der Waals surface area (Å²) >= 11 is 0. The van der Waals surface area contributed by atoms with Crippen molar-refractivity contribution in [3.63, 3.8) is 0 Å². The van der Waals surface area contributed by atoms with Gasteiger partial charge in [0, 0.05) is 5.69 Å². The van der Waals surface area contributed by atoms with Crippen LogP contribution in [-0.2, 0) is 19.6 Å². The van der Waals surface area contributed by atoms with E-state index in [0.29, 0.717) is 16.9 Å². The topological polar surface area (TPSA) is 92.8 Å². The van der Waals surface area contributed by atoms with Crippen molar-refractivity contribution in [1.82, 2.24) is 0 Å².